The Kier molecular flexibility index (Phi) is 4.27. The van der Waals surface area contributed by atoms with E-state index in [1.165, 1.54) is 0 Å². The van der Waals surface area contributed by atoms with Gasteiger partial charge in [-0.3, -0.25) is 19.8 Å². The van der Waals surface area contributed by atoms with Crippen molar-refractivity contribution in [3.8, 4) is 0 Å². The lowest BCUT2D eigenvalue weighted by Crippen LogP contribution is -2.56. The molecular formula is C13H22N4O3. The molecular weight excluding hydrogens is 260 g/mol. The van der Waals surface area contributed by atoms with Gasteiger partial charge < -0.3 is 10.6 Å². The fourth-order valence-corrected chi connectivity index (χ4v) is 2.60. The molecule has 4 amide bonds. The van der Waals surface area contributed by atoms with Gasteiger partial charge in [0.1, 0.15) is 5.54 Å². The van der Waals surface area contributed by atoms with Crippen LogP contribution in [0.5, 0.6) is 0 Å². The van der Waals surface area contributed by atoms with E-state index in [9.17, 15) is 14.4 Å². The molecule has 1 spiro atoms. The molecule has 7 heteroatoms. The fourth-order valence-electron chi connectivity index (χ4n) is 2.60. The summed E-state index contributed by atoms with van der Waals surface area (Å²) in [6, 6.07) is -0.239. The van der Waals surface area contributed by atoms with Crippen molar-refractivity contribution in [2.45, 2.75) is 44.7 Å². The monoisotopic (exact) mass is 282 g/mol. The summed E-state index contributed by atoms with van der Waals surface area (Å²) in [6.07, 6.45) is 1.99. The van der Waals surface area contributed by atoms with Crippen LogP contribution in [0.4, 0.5) is 4.79 Å². The van der Waals surface area contributed by atoms with E-state index >= 15 is 0 Å². The minimum Gasteiger partial charge on any atom is -0.353 e. The van der Waals surface area contributed by atoms with Gasteiger partial charge in [-0.25, -0.2) is 4.79 Å². The molecule has 7 nitrogen and oxygen atoms in total. The molecule has 2 aliphatic heterocycles. The fraction of sp³-hybridized carbons (Fsp3) is 0.769. The number of nitrogens with zero attached hydrogens (tertiary/aromatic N) is 1. The van der Waals surface area contributed by atoms with Gasteiger partial charge in [0.15, 0.2) is 0 Å². The van der Waals surface area contributed by atoms with Gasteiger partial charge in [-0.2, -0.15) is 0 Å². The summed E-state index contributed by atoms with van der Waals surface area (Å²) >= 11 is 0. The summed E-state index contributed by atoms with van der Waals surface area (Å²) in [5, 5.41) is 7.91. The summed E-state index contributed by atoms with van der Waals surface area (Å²) in [4.78, 5) is 36.8. The molecule has 0 aromatic rings. The highest BCUT2D eigenvalue weighted by Gasteiger charge is 2.47. The van der Waals surface area contributed by atoms with Crippen LogP contribution in [0.3, 0.4) is 0 Å². The average Bonchev–Trinajstić information content (AvgIpc) is 2.67. The predicted molar refractivity (Wildman–Crippen MR) is 73.0 cm³/mol. The van der Waals surface area contributed by atoms with Gasteiger partial charge in [-0.05, 0) is 26.2 Å². The second kappa shape index (κ2) is 5.78. The summed E-state index contributed by atoms with van der Waals surface area (Å²) in [5.41, 5.74) is -0.763. The third-order valence-electron chi connectivity index (χ3n) is 4.11. The van der Waals surface area contributed by atoms with Crippen molar-refractivity contribution in [3.63, 3.8) is 0 Å². The summed E-state index contributed by atoms with van der Waals surface area (Å²) in [6.45, 7) is 5.59. The zero-order valence-corrected chi connectivity index (χ0v) is 12.0. The lowest BCUT2D eigenvalue weighted by molar-refractivity contribution is -0.126. The van der Waals surface area contributed by atoms with Gasteiger partial charge in [0.05, 0.1) is 6.54 Å². The maximum atomic E-state index is 11.8. The number of urea groups is 1. The van der Waals surface area contributed by atoms with Gasteiger partial charge in [-0.1, -0.05) is 6.92 Å². The molecule has 0 aliphatic carbocycles. The lowest BCUT2D eigenvalue weighted by Gasteiger charge is -2.36. The van der Waals surface area contributed by atoms with Crippen molar-refractivity contribution < 1.29 is 14.4 Å². The van der Waals surface area contributed by atoms with E-state index in [1.807, 2.05) is 18.7 Å². The first kappa shape index (κ1) is 14.8. The van der Waals surface area contributed by atoms with Crippen LogP contribution >= 0.6 is 0 Å². The number of carbonyl (C=O) groups is 3. The molecule has 0 aromatic heterocycles. The zero-order valence-electron chi connectivity index (χ0n) is 12.0. The molecule has 2 heterocycles. The van der Waals surface area contributed by atoms with Crippen LogP contribution in [0.2, 0.25) is 0 Å². The molecule has 1 unspecified atom stereocenters. The van der Waals surface area contributed by atoms with Crippen LogP contribution in [-0.4, -0.2) is 54.0 Å². The highest BCUT2D eigenvalue weighted by molar-refractivity contribution is 6.07. The number of nitrogens with one attached hydrogen (secondary N) is 3. The second-order valence-electron chi connectivity index (χ2n) is 5.64. The first-order chi connectivity index (χ1) is 9.45. The SMILES string of the molecule is CCC(C)NC(=O)CN1CCC2(CC1)NC(=O)NC2=O. The topological polar surface area (TPSA) is 90.5 Å². The molecule has 0 aromatic carbocycles. The van der Waals surface area contributed by atoms with Crippen molar-refractivity contribution >= 4 is 17.8 Å². The Morgan fingerprint density at radius 1 is 1.40 bits per heavy atom. The second-order valence-corrected chi connectivity index (χ2v) is 5.64. The Morgan fingerprint density at radius 2 is 2.05 bits per heavy atom. The third-order valence-corrected chi connectivity index (χ3v) is 4.11. The average molecular weight is 282 g/mol. The number of likely N-dealkylation sites (tertiary alicyclic amines) is 1. The summed E-state index contributed by atoms with van der Waals surface area (Å²) in [7, 11) is 0. The van der Waals surface area contributed by atoms with Crippen LogP contribution in [0.1, 0.15) is 33.1 Å². The van der Waals surface area contributed by atoms with Gasteiger partial charge in [-0.15, -0.1) is 0 Å². The Morgan fingerprint density at radius 3 is 2.55 bits per heavy atom. The Balaban J connectivity index is 1.81. The van der Waals surface area contributed by atoms with E-state index in [0.717, 1.165) is 6.42 Å². The number of imide groups is 1. The molecule has 2 fully saturated rings. The Hall–Kier alpha value is -1.63. The molecule has 20 heavy (non-hydrogen) atoms. The van der Waals surface area contributed by atoms with Crippen molar-refractivity contribution in [2.24, 2.45) is 0 Å². The quantitative estimate of drug-likeness (QED) is 0.611. The first-order valence-electron chi connectivity index (χ1n) is 7.10. The van der Waals surface area contributed by atoms with Crippen molar-refractivity contribution in [1.29, 1.82) is 0 Å². The van der Waals surface area contributed by atoms with Crippen molar-refractivity contribution in [3.05, 3.63) is 0 Å². The van der Waals surface area contributed by atoms with E-state index in [2.05, 4.69) is 16.0 Å². The molecule has 2 rings (SSSR count). The number of rotatable bonds is 4. The lowest BCUT2D eigenvalue weighted by atomic mass is 9.88. The molecule has 0 saturated carbocycles. The highest BCUT2D eigenvalue weighted by Crippen LogP contribution is 2.25. The Labute approximate surface area is 118 Å². The van der Waals surface area contributed by atoms with Gasteiger partial charge in [0.2, 0.25) is 5.91 Å². The normalized spacial score (nSPS) is 23.3. The minimum atomic E-state index is -0.763. The summed E-state index contributed by atoms with van der Waals surface area (Å²) in [5.74, 6) is -0.235. The van der Waals surface area contributed by atoms with E-state index in [-0.39, 0.29) is 17.9 Å². The van der Waals surface area contributed by atoms with E-state index < -0.39 is 11.6 Å². The molecule has 2 saturated heterocycles. The maximum Gasteiger partial charge on any atom is 0.322 e. The van der Waals surface area contributed by atoms with E-state index in [1.54, 1.807) is 0 Å². The van der Waals surface area contributed by atoms with Gasteiger partial charge in [0, 0.05) is 19.1 Å². The molecule has 0 bridgehead atoms. The molecule has 2 aliphatic rings. The standard InChI is InChI=1S/C13H22N4O3/c1-3-9(2)14-10(18)8-17-6-4-13(5-7-17)11(19)15-12(20)16-13/h9H,3-8H2,1-2H3,(H,14,18)(H2,15,16,19,20). The number of hydrogen-bond donors (Lipinski definition) is 3. The van der Waals surface area contributed by atoms with Gasteiger partial charge in [0.25, 0.3) is 5.91 Å². The molecule has 1 atom stereocenters. The largest absolute Gasteiger partial charge is 0.353 e. The maximum absolute atomic E-state index is 11.8. The molecule has 3 N–H and O–H groups in total. The number of piperidine rings is 1. The van der Waals surface area contributed by atoms with Crippen LogP contribution < -0.4 is 16.0 Å². The number of carbonyl (C=O) groups excluding carboxylic acids is 3. The minimum absolute atomic E-state index is 0.00945. The molecule has 112 valence electrons. The van der Waals surface area contributed by atoms with Crippen LogP contribution in [0.25, 0.3) is 0 Å². The van der Waals surface area contributed by atoms with Crippen LogP contribution in [-0.2, 0) is 9.59 Å². The third kappa shape index (κ3) is 3.09. The van der Waals surface area contributed by atoms with Crippen LogP contribution in [0.15, 0.2) is 0 Å². The molecule has 0 radical (unpaired) electrons. The predicted octanol–water partition coefficient (Wildman–Crippen LogP) is -0.425. The van der Waals surface area contributed by atoms with Gasteiger partial charge >= 0.3 is 6.03 Å². The smallest absolute Gasteiger partial charge is 0.322 e. The number of hydrogen-bond acceptors (Lipinski definition) is 4. The highest BCUT2D eigenvalue weighted by atomic mass is 16.2. The summed E-state index contributed by atoms with van der Waals surface area (Å²) < 4.78 is 0. The Bertz CT molecular complexity index is 416. The zero-order chi connectivity index (χ0) is 14.8. The van der Waals surface area contributed by atoms with E-state index in [4.69, 9.17) is 0 Å². The number of amides is 4. The van der Waals surface area contributed by atoms with E-state index in [0.29, 0.717) is 32.5 Å². The van der Waals surface area contributed by atoms with Crippen LogP contribution in [0, 0.1) is 0 Å². The van der Waals surface area contributed by atoms with Crippen molar-refractivity contribution in [1.82, 2.24) is 20.9 Å². The van der Waals surface area contributed by atoms with Crippen molar-refractivity contribution in [2.75, 3.05) is 19.6 Å². The first-order valence-corrected chi connectivity index (χ1v) is 7.10.